The summed E-state index contributed by atoms with van der Waals surface area (Å²) in [6, 6.07) is 0. The quantitative estimate of drug-likeness (QED) is 0.879. The number of hydrogen-bond donors (Lipinski definition) is 2. The van der Waals surface area contributed by atoms with Crippen LogP contribution in [0.25, 0.3) is 11.0 Å². The first-order chi connectivity index (χ1) is 11.8. The molecule has 126 valence electrons. The number of allylic oxidation sites excluding steroid dienone is 1. The molecule has 1 saturated heterocycles. The van der Waals surface area contributed by atoms with E-state index >= 15 is 0 Å². The Balaban J connectivity index is 1.72. The van der Waals surface area contributed by atoms with Crippen LogP contribution in [0.15, 0.2) is 24.7 Å². The molecule has 2 aliphatic rings. The van der Waals surface area contributed by atoms with Crippen molar-refractivity contribution < 1.29 is 4.74 Å². The van der Waals surface area contributed by atoms with Crippen molar-refractivity contribution in [2.24, 2.45) is 5.92 Å². The van der Waals surface area contributed by atoms with Crippen LogP contribution in [-0.4, -0.2) is 35.2 Å². The third-order valence-electron chi connectivity index (χ3n) is 4.86. The van der Waals surface area contributed by atoms with Gasteiger partial charge in [0.1, 0.15) is 11.3 Å². The fourth-order valence-electron chi connectivity index (χ4n) is 3.27. The Hall–Kier alpha value is -2.21. The molecule has 0 amide bonds. The molecule has 1 aliphatic heterocycles. The predicted molar refractivity (Wildman–Crippen MR) is 95.2 cm³/mol. The molecule has 4 rings (SSSR count). The van der Waals surface area contributed by atoms with E-state index in [4.69, 9.17) is 14.7 Å². The smallest absolute Gasteiger partial charge is 0.154 e. The topological polar surface area (TPSA) is 72.0 Å². The van der Waals surface area contributed by atoms with Crippen LogP contribution in [0.1, 0.15) is 37.2 Å². The minimum Gasteiger partial charge on any atom is -0.381 e. The Bertz CT molecular complexity index is 765. The molecule has 0 radical (unpaired) electrons. The second-order valence-corrected chi connectivity index (χ2v) is 6.58. The van der Waals surface area contributed by atoms with Crippen LogP contribution in [0, 0.1) is 5.92 Å². The van der Waals surface area contributed by atoms with E-state index in [0.29, 0.717) is 11.8 Å². The first kappa shape index (κ1) is 15.3. The second kappa shape index (κ2) is 6.36. The summed E-state index contributed by atoms with van der Waals surface area (Å²) in [7, 11) is 1.86. The van der Waals surface area contributed by atoms with Gasteiger partial charge in [0, 0.05) is 37.7 Å². The van der Waals surface area contributed by atoms with Gasteiger partial charge in [0.05, 0.1) is 11.7 Å². The molecule has 0 bridgehead atoms. The Labute approximate surface area is 141 Å². The van der Waals surface area contributed by atoms with E-state index in [1.165, 1.54) is 18.4 Å². The fraction of sp³-hybridized carbons (Fsp3) is 0.500. The number of nitrogens with one attached hydrogen (secondary N) is 2. The molecule has 2 aromatic rings. The summed E-state index contributed by atoms with van der Waals surface area (Å²) in [5.74, 6) is 2.52. The molecule has 3 heterocycles. The van der Waals surface area contributed by atoms with E-state index in [1.807, 2.05) is 13.2 Å². The van der Waals surface area contributed by atoms with E-state index in [9.17, 15) is 0 Å². The highest BCUT2D eigenvalue weighted by Crippen LogP contribution is 2.36. The molecule has 0 spiro atoms. The van der Waals surface area contributed by atoms with Gasteiger partial charge >= 0.3 is 0 Å². The van der Waals surface area contributed by atoms with E-state index in [0.717, 1.165) is 54.4 Å². The van der Waals surface area contributed by atoms with Crippen molar-refractivity contribution in [3.05, 3.63) is 30.2 Å². The predicted octanol–water partition coefficient (Wildman–Crippen LogP) is 3.30. The molecule has 2 fully saturated rings. The minimum atomic E-state index is 0.439. The molecule has 6 nitrogen and oxygen atoms in total. The average molecular weight is 325 g/mol. The van der Waals surface area contributed by atoms with E-state index < -0.39 is 0 Å². The number of nitrogens with zero attached hydrogens (tertiary/aromatic N) is 3. The molecule has 2 aromatic heterocycles. The Morgan fingerprint density at radius 3 is 2.62 bits per heavy atom. The molecule has 0 atom stereocenters. The number of anilines is 2. The lowest BCUT2D eigenvalue weighted by atomic mass is 9.92. The maximum atomic E-state index is 5.48. The summed E-state index contributed by atoms with van der Waals surface area (Å²) < 4.78 is 5.48. The zero-order chi connectivity index (χ0) is 16.5. The first-order valence-electron chi connectivity index (χ1n) is 8.63. The van der Waals surface area contributed by atoms with Gasteiger partial charge in [-0.2, -0.15) is 0 Å². The molecular formula is C18H23N5O. The van der Waals surface area contributed by atoms with Crippen LogP contribution in [-0.2, 0) is 4.74 Å². The maximum absolute atomic E-state index is 5.48. The highest BCUT2D eigenvalue weighted by molar-refractivity contribution is 5.88. The number of aromatic nitrogens is 3. The molecule has 6 heteroatoms. The van der Waals surface area contributed by atoms with Crippen molar-refractivity contribution in [2.45, 2.75) is 31.6 Å². The van der Waals surface area contributed by atoms with Gasteiger partial charge < -0.3 is 15.4 Å². The second-order valence-electron chi connectivity index (χ2n) is 6.58. The third kappa shape index (κ3) is 2.94. The van der Waals surface area contributed by atoms with E-state index in [1.54, 1.807) is 6.20 Å². The molecule has 1 aliphatic carbocycles. The largest absolute Gasteiger partial charge is 0.381 e. The SMILES string of the molecule is C=C(Nc1cnc2c(C3CCOCC3)cnc(NC)c2n1)C1CC1. The zero-order valence-corrected chi connectivity index (χ0v) is 14.0. The van der Waals surface area contributed by atoms with Crippen LogP contribution in [0.2, 0.25) is 0 Å². The molecule has 2 N–H and O–H groups in total. The van der Waals surface area contributed by atoms with Crippen molar-refractivity contribution in [1.29, 1.82) is 0 Å². The molecular weight excluding hydrogens is 302 g/mol. The van der Waals surface area contributed by atoms with Crippen molar-refractivity contribution in [2.75, 3.05) is 30.9 Å². The van der Waals surface area contributed by atoms with Gasteiger partial charge in [-0.05, 0) is 37.5 Å². The summed E-state index contributed by atoms with van der Waals surface area (Å²) in [4.78, 5) is 14.0. The number of pyridine rings is 1. The Morgan fingerprint density at radius 2 is 1.92 bits per heavy atom. The number of ether oxygens (including phenoxy) is 1. The molecule has 1 saturated carbocycles. The zero-order valence-electron chi connectivity index (χ0n) is 14.0. The van der Waals surface area contributed by atoms with Gasteiger partial charge in [-0.1, -0.05) is 6.58 Å². The van der Waals surface area contributed by atoms with Crippen LogP contribution >= 0.6 is 0 Å². The van der Waals surface area contributed by atoms with Gasteiger partial charge in [0.25, 0.3) is 0 Å². The summed E-state index contributed by atoms with van der Waals surface area (Å²) in [5.41, 5.74) is 3.95. The van der Waals surface area contributed by atoms with Crippen molar-refractivity contribution in [3.8, 4) is 0 Å². The minimum absolute atomic E-state index is 0.439. The molecule has 24 heavy (non-hydrogen) atoms. The Kier molecular flexibility index (Phi) is 4.06. The van der Waals surface area contributed by atoms with Crippen LogP contribution in [0.5, 0.6) is 0 Å². The Morgan fingerprint density at radius 1 is 1.12 bits per heavy atom. The normalized spacial score (nSPS) is 18.5. The van der Waals surface area contributed by atoms with Crippen molar-refractivity contribution in [3.63, 3.8) is 0 Å². The average Bonchev–Trinajstić information content (AvgIpc) is 3.46. The van der Waals surface area contributed by atoms with Crippen LogP contribution in [0.3, 0.4) is 0 Å². The number of hydrogen-bond acceptors (Lipinski definition) is 6. The lowest BCUT2D eigenvalue weighted by Crippen LogP contribution is -2.15. The molecule has 0 unspecified atom stereocenters. The van der Waals surface area contributed by atoms with Gasteiger partial charge in [0.2, 0.25) is 0 Å². The number of fused-ring (bicyclic) bond motifs is 1. The summed E-state index contributed by atoms with van der Waals surface area (Å²) in [5, 5.41) is 6.43. The monoisotopic (exact) mass is 325 g/mol. The first-order valence-corrected chi connectivity index (χ1v) is 8.63. The van der Waals surface area contributed by atoms with E-state index in [-0.39, 0.29) is 0 Å². The standard InChI is InChI=1S/C18H23N5O/c1-11(12-3-4-12)22-15-10-20-16-14(13-5-7-24-8-6-13)9-21-18(19-2)17(16)23-15/h9-10,12-13H,1,3-8H2,2H3,(H,19,21)(H,22,23). The fourth-order valence-corrected chi connectivity index (χ4v) is 3.27. The highest BCUT2D eigenvalue weighted by Gasteiger charge is 2.25. The van der Waals surface area contributed by atoms with Crippen molar-refractivity contribution in [1.82, 2.24) is 15.0 Å². The lowest BCUT2D eigenvalue weighted by Gasteiger charge is -2.23. The van der Waals surface area contributed by atoms with Crippen LogP contribution in [0.4, 0.5) is 11.6 Å². The van der Waals surface area contributed by atoms with Gasteiger partial charge in [0.15, 0.2) is 5.82 Å². The summed E-state index contributed by atoms with van der Waals surface area (Å²) in [6.07, 6.45) is 8.19. The van der Waals surface area contributed by atoms with Gasteiger partial charge in [-0.3, -0.25) is 4.98 Å². The van der Waals surface area contributed by atoms with Crippen LogP contribution < -0.4 is 10.6 Å². The van der Waals surface area contributed by atoms with Gasteiger partial charge in [-0.25, -0.2) is 9.97 Å². The maximum Gasteiger partial charge on any atom is 0.154 e. The molecule has 0 aromatic carbocycles. The van der Waals surface area contributed by atoms with Gasteiger partial charge in [-0.15, -0.1) is 0 Å². The summed E-state index contributed by atoms with van der Waals surface area (Å²) in [6.45, 7) is 5.70. The third-order valence-corrected chi connectivity index (χ3v) is 4.86. The van der Waals surface area contributed by atoms with E-state index in [2.05, 4.69) is 22.2 Å². The summed E-state index contributed by atoms with van der Waals surface area (Å²) >= 11 is 0. The number of rotatable bonds is 5. The highest BCUT2D eigenvalue weighted by atomic mass is 16.5. The lowest BCUT2D eigenvalue weighted by molar-refractivity contribution is 0.0855. The van der Waals surface area contributed by atoms with Crippen molar-refractivity contribution >= 4 is 22.7 Å².